The Kier molecular flexibility index (Phi) is 5.72. The van der Waals surface area contributed by atoms with Gasteiger partial charge in [-0.15, -0.1) is 0 Å². The minimum atomic E-state index is -0.638. The smallest absolute Gasteiger partial charge is 0.340 e. The van der Waals surface area contributed by atoms with Crippen molar-refractivity contribution in [3.8, 4) is 34.3 Å². The van der Waals surface area contributed by atoms with Gasteiger partial charge in [-0.1, -0.05) is 12.1 Å². The van der Waals surface area contributed by atoms with Gasteiger partial charge < -0.3 is 14.3 Å². The number of nitriles is 1. The summed E-state index contributed by atoms with van der Waals surface area (Å²) in [6.45, 7) is 3.71. The van der Waals surface area contributed by atoms with E-state index in [9.17, 15) is 14.9 Å². The van der Waals surface area contributed by atoms with Crippen LogP contribution in [0.5, 0.6) is 0 Å². The molecular formula is C28H24N6O3. The summed E-state index contributed by atoms with van der Waals surface area (Å²) in [4.78, 5) is 37.2. The lowest BCUT2D eigenvalue weighted by atomic mass is 9.86. The molecule has 0 spiro atoms. The summed E-state index contributed by atoms with van der Waals surface area (Å²) in [5.74, 6) is -0.446. The van der Waals surface area contributed by atoms with E-state index < -0.39 is 11.4 Å². The Morgan fingerprint density at radius 2 is 1.86 bits per heavy atom. The molecule has 37 heavy (non-hydrogen) atoms. The van der Waals surface area contributed by atoms with Crippen LogP contribution in [0.25, 0.3) is 39.2 Å². The number of imidazole rings is 1. The van der Waals surface area contributed by atoms with Crippen LogP contribution in [0.2, 0.25) is 0 Å². The zero-order valence-electron chi connectivity index (χ0n) is 20.8. The lowest BCUT2D eigenvalue weighted by Crippen LogP contribution is -2.21. The number of carbonyl (C=O) groups excluding carboxylic acids is 1. The maximum atomic E-state index is 13.1. The third-order valence-electron chi connectivity index (χ3n) is 6.47. The monoisotopic (exact) mass is 492 g/mol. The predicted molar refractivity (Wildman–Crippen MR) is 139 cm³/mol. The van der Waals surface area contributed by atoms with Crippen molar-refractivity contribution in [2.75, 3.05) is 7.11 Å². The zero-order valence-corrected chi connectivity index (χ0v) is 20.8. The predicted octanol–water partition coefficient (Wildman–Crippen LogP) is 4.37. The van der Waals surface area contributed by atoms with E-state index in [0.29, 0.717) is 33.7 Å². The van der Waals surface area contributed by atoms with Gasteiger partial charge in [0.1, 0.15) is 5.65 Å². The highest BCUT2D eigenvalue weighted by Crippen LogP contribution is 2.29. The Balaban J connectivity index is 1.59. The van der Waals surface area contributed by atoms with E-state index in [1.165, 1.54) is 11.7 Å². The van der Waals surface area contributed by atoms with E-state index in [1.807, 2.05) is 56.3 Å². The lowest BCUT2D eigenvalue weighted by Gasteiger charge is -2.16. The van der Waals surface area contributed by atoms with Gasteiger partial charge in [-0.25, -0.2) is 14.6 Å². The molecule has 1 aromatic carbocycles. The Labute approximate surface area is 212 Å². The Hall–Kier alpha value is -4.97. The molecule has 5 aromatic rings. The third kappa shape index (κ3) is 4.08. The number of hydrogen-bond donors (Lipinski definition) is 1. The SMILES string of the molecule is COC(=O)c1c[nH]c2ncc(-c3ccnc(-c4cn(C)c(=O)n4-c4ccc(C(C)(C)C#N)cc4)c3)cc12. The molecule has 1 N–H and O–H groups in total. The topological polar surface area (TPSA) is 119 Å². The van der Waals surface area contributed by atoms with Crippen LogP contribution in [-0.2, 0) is 17.2 Å². The number of ether oxygens (including phenoxy) is 1. The number of aromatic nitrogens is 5. The first-order chi connectivity index (χ1) is 17.7. The Morgan fingerprint density at radius 1 is 1.11 bits per heavy atom. The number of rotatable bonds is 5. The molecule has 9 heteroatoms. The number of esters is 1. The molecule has 0 radical (unpaired) electrons. The standard InChI is InChI=1S/C28H24N6O3/c1-28(2,16-29)19-5-7-20(8-6-19)34-24(15-33(3)27(34)36)23-12-17(9-10-30-23)18-11-21-22(26(35)37-4)14-32-25(21)31-13-18/h5-15H,1-4H3,(H,31,32). The van der Waals surface area contributed by atoms with Gasteiger partial charge >= 0.3 is 11.7 Å². The van der Waals surface area contributed by atoms with Crippen molar-refractivity contribution < 1.29 is 9.53 Å². The number of aryl methyl sites for hydroxylation is 1. The number of hydrogen-bond acceptors (Lipinski definition) is 6. The number of methoxy groups -OCH3 is 1. The number of benzene rings is 1. The van der Waals surface area contributed by atoms with Crippen molar-refractivity contribution in [3.05, 3.63) is 88.9 Å². The quantitative estimate of drug-likeness (QED) is 0.364. The molecular weight excluding hydrogens is 468 g/mol. The molecule has 0 aliphatic rings. The second kappa shape index (κ2) is 8.91. The molecule has 4 heterocycles. The van der Waals surface area contributed by atoms with Gasteiger partial charge in [0.25, 0.3) is 0 Å². The molecule has 0 fully saturated rings. The molecule has 0 unspecified atom stereocenters. The highest BCUT2D eigenvalue weighted by atomic mass is 16.5. The van der Waals surface area contributed by atoms with Gasteiger partial charge in [0.15, 0.2) is 0 Å². The summed E-state index contributed by atoms with van der Waals surface area (Å²) in [6.07, 6.45) is 6.71. The normalized spacial score (nSPS) is 11.4. The number of nitrogens with zero attached hydrogens (tertiary/aromatic N) is 5. The molecule has 0 saturated carbocycles. The fraction of sp³-hybridized carbons (Fsp3) is 0.179. The largest absolute Gasteiger partial charge is 0.465 e. The molecule has 4 aromatic heterocycles. The minimum Gasteiger partial charge on any atom is -0.465 e. The lowest BCUT2D eigenvalue weighted by molar-refractivity contribution is 0.0603. The summed E-state index contributed by atoms with van der Waals surface area (Å²) in [7, 11) is 3.03. The maximum Gasteiger partial charge on any atom is 0.340 e. The van der Waals surface area contributed by atoms with Gasteiger partial charge in [0, 0.05) is 42.8 Å². The van der Waals surface area contributed by atoms with E-state index in [4.69, 9.17) is 4.74 Å². The van der Waals surface area contributed by atoms with E-state index in [1.54, 1.807) is 36.4 Å². The molecule has 0 saturated heterocycles. The van der Waals surface area contributed by atoms with Crippen molar-refractivity contribution in [1.82, 2.24) is 24.1 Å². The first kappa shape index (κ1) is 23.8. The molecule has 0 aliphatic heterocycles. The van der Waals surface area contributed by atoms with E-state index in [0.717, 1.165) is 16.7 Å². The Bertz CT molecular complexity index is 1750. The average molecular weight is 493 g/mol. The van der Waals surface area contributed by atoms with Crippen molar-refractivity contribution in [2.24, 2.45) is 7.05 Å². The number of aromatic amines is 1. The van der Waals surface area contributed by atoms with Crippen LogP contribution in [0, 0.1) is 11.3 Å². The van der Waals surface area contributed by atoms with E-state index in [2.05, 4.69) is 21.0 Å². The van der Waals surface area contributed by atoms with Crippen molar-refractivity contribution in [2.45, 2.75) is 19.3 Å². The number of fused-ring (bicyclic) bond motifs is 1. The van der Waals surface area contributed by atoms with Crippen LogP contribution in [0.1, 0.15) is 29.8 Å². The molecule has 5 rings (SSSR count). The number of nitrogens with one attached hydrogen (secondary N) is 1. The summed E-state index contributed by atoms with van der Waals surface area (Å²) in [6, 6.07) is 15.3. The van der Waals surface area contributed by atoms with Crippen LogP contribution in [0.4, 0.5) is 0 Å². The molecule has 0 bridgehead atoms. The van der Waals surface area contributed by atoms with E-state index in [-0.39, 0.29) is 5.69 Å². The summed E-state index contributed by atoms with van der Waals surface area (Å²) in [5.41, 5.74) is 4.49. The average Bonchev–Trinajstić information content (AvgIpc) is 3.48. The summed E-state index contributed by atoms with van der Waals surface area (Å²) in [5, 5.41) is 10.1. The number of carbonyl (C=O) groups is 1. The first-order valence-corrected chi connectivity index (χ1v) is 11.6. The van der Waals surface area contributed by atoms with Gasteiger partial charge in [-0.3, -0.25) is 9.55 Å². The second-order valence-electron chi connectivity index (χ2n) is 9.27. The molecule has 0 atom stereocenters. The van der Waals surface area contributed by atoms with Gasteiger partial charge in [-0.2, -0.15) is 5.26 Å². The highest BCUT2D eigenvalue weighted by Gasteiger charge is 2.21. The van der Waals surface area contributed by atoms with Crippen LogP contribution >= 0.6 is 0 Å². The number of H-pyrrole nitrogens is 1. The van der Waals surface area contributed by atoms with Gasteiger partial charge in [-0.05, 0) is 55.3 Å². The van der Waals surface area contributed by atoms with Crippen molar-refractivity contribution >= 4 is 17.0 Å². The molecule has 9 nitrogen and oxygen atoms in total. The van der Waals surface area contributed by atoms with Crippen molar-refractivity contribution in [1.29, 1.82) is 5.26 Å². The second-order valence-corrected chi connectivity index (χ2v) is 9.27. The third-order valence-corrected chi connectivity index (χ3v) is 6.47. The summed E-state index contributed by atoms with van der Waals surface area (Å²) < 4.78 is 7.98. The molecule has 0 amide bonds. The van der Waals surface area contributed by atoms with Crippen molar-refractivity contribution in [3.63, 3.8) is 0 Å². The Morgan fingerprint density at radius 3 is 2.57 bits per heavy atom. The van der Waals surface area contributed by atoms with Crippen LogP contribution in [-0.4, -0.2) is 37.2 Å². The minimum absolute atomic E-state index is 0.215. The molecule has 184 valence electrons. The fourth-order valence-corrected chi connectivity index (χ4v) is 4.27. The maximum absolute atomic E-state index is 13.1. The van der Waals surface area contributed by atoms with Crippen LogP contribution in [0.15, 0.2) is 72.0 Å². The first-order valence-electron chi connectivity index (χ1n) is 11.6. The van der Waals surface area contributed by atoms with Crippen LogP contribution in [0.3, 0.4) is 0 Å². The zero-order chi connectivity index (χ0) is 26.3. The van der Waals surface area contributed by atoms with Gasteiger partial charge in [0.2, 0.25) is 0 Å². The summed E-state index contributed by atoms with van der Waals surface area (Å²) >= 11 is 0. The number of pyridine rings is 2. The molecule has 0 aliphatic carbocycles. The van der Waals surface area contributed by atoms with E-state index >= 15 is 0 Å². The highest BCUT2D eigenvalue weighted by molar-refractivity contribution is 6.04. The van der Waals surface area contributed by atoms with Gasteiger partial charge in [0.05, 0.1) is 41.2 Å². The van der Waals surface area contributed by atoms with Crippen LogP contribution < -0.4 is 5.69 Å². The fourth-order valence-electron chi connectivity index (χ4n) is 4.27.